The Morgan fingerprint density at radius 2 is 1.63 bits per heavy atom. The van der Waals surface area contributed by atoms with Crippen molar-refractivity contribution in [1.29, 1.82) is 0 Å². The Kier molecular flexibility index (Phi) is 6.32. The molecule has 3 aromatic rings. The number of likely N-dealkylation sites (N-methyl/N-ethyl adjacent to an activating group) is 1. The molecule has 0 atom stereocenters. The molecule has 1 heterocycles. The van der Waals surface area contributed by atoms with E-state index in [1.807, 2.05) is 30.3 Å². The first-order valence-electron chi connectivity index (χ1n) is 9.35. The van der Waals surface area contributed by atoms with Gasteiger partial charge in [-0.2, -0.15) is 0 Å². The smallest absolute Gasteiger partial charge is 0.275 e. The summed E-state index contributed by atoms with van der Waals surface area (Å²) in [6.45, 7) is -0.243. The van der Waals surface area contributed by atoms with Crippen LogP contribution in [0.1, 0.15) is 11.1 Å². The quantitative estimate of drug-likeness (QED) is 0.661. The lowest BCUT2D eigenvalue weighted by Crippen LogP contribution is -2.54. The number of nitrogens with zero attached hydrogens (tertiary/aromatic N) is 2. The topological polar surface area (TPSA) is 84.4 Å². The van der Waals surface area contributed by atoms with Gasteiger partial charge in [-0.15, -0.1) is 0 Å². The summed E-state index contributed by atoms with van der Waals surface area (Å²) in [6.07, 6.45) is 3.17. The SMILES string of the molecule is COc1ccc(/C=c2/c(=O)[nH]/c(=C\c3ccccc3)c(=O)n2CC(=O)N(C)C)cc1. The third kappa shape index (κ3) is 4.75. The molecule has 0 aliphatic heterocycles. The summed E-state index contributed by atoms with van der Waals surface area (Å²) in [5.74, 6) is 0.381. The van der Waals surface area contributed by atoms with Crippen LogP contribution in [0.4, 0.5) is 0 Å². The fourth-order valence-electron chi connectivity index (χ4n) is 2.87. The maximum Gasteiger partial charge on any atom is 0.275 e. The van der Waals surface area contributed by atoms with Gasteiger partial charge in [0.1, 0.15) is 23.0 Å². The number of aromatic nitrogens is 2. The number of hydrogen-bond acceptors (Lipinski definition) is 4. The first-order valence-corrected chi connectivity index (χ1v) is 9.35. The van der Waals surface area contributed by atoms with Gasteiger partial charge in [0.15, 0.2) is 0 Å². The highest BCUT2D eigenvalue weighted by Crippen LogP contribution is 2.11. The molecule has 3 rings (SSSR count). The molecule has 2 aromatic carbocycles. The zero-order valence-electron chi connectivity index (χ0n) is 17.1. The number of aromatic amines is 1. The molecule has 0 radical (unpaired) electrons. The summed E-state index contributed by atoms with van der Waals surface area (Å²) >= 11 is 0. The molecule has 1 aromatic heterocycles. The highest BCUT2D eigenvalue weighted by atomic mass is 16.5. The zero-order valence-corrected chi connectivity index (χ0v) is 17.1. The van der Waals surface area contributed by atoms with Crippen molar-refractivity contribution >= 4 is 18.1 Å². The van der Waals surface area contributed by atoms with Crippen molar-refractivity contribution in [3.63, 3.8) is 0 Å². The van der Waals surface area contributed by atoms with Crippen LogP contribution in [0.25, 0.3) is 12.2 Å². The largest absolute Gasteiger partial charge is 0.497 e. The second-order valence-corrected chi connectivity index (χ2v) is 6.91. The highest BCUT2D eigenvalue weighted by molar-refractivity contribution is 5.75. The number of hydrogen-bond donors (Lipinski definition) is 1. The minimum atomic E-state index is -0.459. The molecule has 7 nitrogen and oxygen atoms in total. The summed E-state index contributed by atoms with van der Waals surface area (Å²) in [5, 5.41) is 0.218. The van der Waals surface area contributed by atoms with E-state index >= 15 is 0 Å². The van der Waals surface area contributed by atoms with E-state index in [2.05, 4.69) is 4.98 Å². The number of amides is 1. The fourth-order valence-corrected chi connectivity index (χ4v) is 2.87. The van der Waals surface area contributed by atoms with Crippen LogP contribution >= 0.6 is 0 Å². The predicted octanol–water partition coefficient (Wildman–Crippen LogP) is 0.291. The van der Waals surface area contributed by atoms with Crippen molar-refractivity contribution in [3.8, 4) is 5.75 Å². The summed E-state index contributed by atoms with van der Waals surface area (Å²) in [4.78, 5) is 42.4. The molecule has 30 heavy (non-hydrogen) atoms. The number of carbonyl (C=O) groups excluding carboxylic acids is 1. The molecule has 0 bridgehead atoms. The van der Waals surface area contributed by atoms with Gasteiger partial charge < -0.3 is 14.6 Å². The van der Waals surface area contributed by atoms with Crippen molar-refractivity contribution < 1.29 is 9.53 Å². The van der Waals surface area contributed by atoms with E-state index in [0.717, 1.165) is 5.56 Å². The Hall–Kier alpha value is -3.87. The molecule has 0 unspecified atom stereocenters. The summed E-state index contributed by atoms with van der Waals surface area (Å²) in [7, 11) is 4.77. The maximum absolute atomic E-state index is 13.1. The number of carbonyl (C=O) groups is 1. The van der Waals surface area contributed by atoms with Gasteiger partial charge in [0.2, 0.25) is 5.91 Å². The number of ether oxygens (including phenoxy) is 1. The van der Waals surface area contributed by atoms with Gasteiger partial charge in [-0.05, 0) is 35.4 Å². The second kappa shape index (κ2) is 9.09. The van der Waals surface area contributed by atoms with Crippen LogP contribution in [0.3, 0.4) is 0 Å². The van der Waals surface area contributed by atoms with Crippen LogP contribution in [-0.2, 0) is 11.3 Å². The van der Waals surface area contributed by atoms with E-state index in [9.17, 15) is 14.4 Å². The normalized spacial score (nSPS) is 12.1. The summed E-state index contributed by atoms with van der Waals surface area (Å²) < 4.78 is 6.35. The number of H-pyrrole nitrogens is 1. The third-order valence-corrected chi connectivity index (χ3v) is 4.57. The van der Waals surface area contributed by atoms with Gasteiger partial charge in [0, 0.05) is 14.1 Å². The summed E-state index contributed by atoms with van der Waals surface area (Å²) in [5.41, 5.74) is 0.557. The van der Waals surface area contributed by atoms with Gasteiger partial charge in [-0.3, -0.25) is 19.0 Å². The van der Waals surface area contributed by atoms with Crippen LogP contribution in [0.5, 0.6) is 5.75 Å². The molecule has 0 saturated carbocycles. The van der Waals surface area contributed by atoms with Gasteiger partial charge in [0.05, 0.1) is 7.11 Å². The molecule has 0 fully saturated rings. The van der Waals surface area contributed by atoms with Gasteiger partial charge >= 0.3 is 0 Å². The monoisotopic (exact) mass is 405 g/mol. The van der Waals surface area contributed by atoms with E-state index in [1.54, 1.807) is 57.6 Å². The predicted molar refractivity (Wildman–Crippen MR) is 116 cm³/mol. The Labute approximate surface area is 173 Å². The molecular weight excluding hydrogens is 382 g/mol. The Bertz CT molecular complexity index is 1270. The average molecular weight is 405 g/mol. The van der Waals surface area contributed by atoms with Crippen molar-refractivity contribution in [2.75, 3.05) is 21.2 Å². The molecule has 154 valence electrons. The minimum absolute atomic E-state index is 0.102. The molecule has 1 amide bonds. The van der Waals surface area contributed by atoms with Crippen molar-refractivity contribution in [3.05, 3.63) is 97.1 Å². The lowest BCUT2D eigenvalue weighted by molar-refractivity contribution is -0.129. The fraction of sp³-hybridized carbons (Fsp3) is 0.174. The number of benzene rings is 2. The lowest BCUT2D eigenvalue weighted by atomic mass is 10.2. The second-order valence-electron chi connectivity index (χ2n) is 6.91. The van der Waals surface area contributed by atoms with Crippen LogP contribution in [0.15, 0.2) is 64.2 Å². The van der Waals surface area contributed by atoms with E-state index in [4.69, 9.17) is 4.74 Å². The zero-order chi connectivity index (χ0) is 21.7. The molecule has 0 saturated heterocycles. The van der Waals surface area contributed by atoms with E-state index < -0.39 is 11.1 Å². The molecule has 7 heteroatoms. The maximum atomic E-state index is 13.1. The standard InChI is InChI=1S/C23H23N3O4/c1-25(2)21(27)15-26-20(14-17-9-11-18(30-3)12-10-17)22(28)24-19(23(26)29)13-16-7-5-4-6-8-16/h4-14H,15H2,1-3H3,(H,24,28)/b19-13-,20-14-. The van der Waals surface area contributed by atoms with Crippen LogP contribution < -0.4 is 26.6 Å². The van der Waals surface area contributed by atoms with Crippen LogP contribution in [0.2, 0.25) is 0 Å². The van der Waals surface area contributed by atoms with Crippen molar-refractivity contribution in [1.82, 2.24) is 14.5 Å². The van der Waals surface area contributed by atoms with Gasteiger partial charge in [0.25, 0.3) is 11.1 Å². The highest BCUT2D eigenvalue weighted by Gasteiger charge is 2.11. The average Bonchev–Trinajstić information content (AvgIpc) is 2.75. The minimum Gasteiger partial charge on any atom is -0.497 e. The molecular formula is C23H23N3O4. The van der Waals surface area contributed by atoms with E-state index in [0.29, 0.717) is 11.3 Å². The molecule has 0 spiro atoms. The van der Waals surface area contributed by atoms with E-state index in [1.165, 1.54) is 9.47 Å². The van der Waals surface area contributed by atoms with Gasteiger partial charge in [-0.25, -0.2) is 0 Å². The third-order valence-electron chi connectivity index (χ3n) is 4.57. The molecule has 0 aliphatic rings. The Morgan fingerprint density at radius 1 is 1.00 bits per heavy atom. The molecule has 1 N–H and O–H groups in total. The first kappa shape index (κ1) is 20.9. The Balaban J connectivity index is 2.25. The number of nitrogens with one attached hydrogen (secondary N) is 1. The van der Waals surface area contributed by atoms with Crippen LogP contribution in [0, 0.1) is 0 Å². The summed E-state index contributed by atoms with van der Waals surface area (Å²) in [6, 6.07) is 16.2. The first-order chi connectivity index (χ1) is 14.4. The van der Waals surface area contributed by atoms with Crippen molar-refractivity contribution in [2.45, 2.75) is 6.54 Å². The lowest BCUT2D eigenvalue weighted by Gasteiger charge is -2.12. The number of methoxy groups -OCH3 is 1. The van der Waals surface area contributed by atoms with E-state index in [-0.39, 0.29) is 23.2 Å². The Morgan fingerprint density at radius 3 is 2.23 bits per heavy atom. The number of rotatable bonds is 5. The van der Waals surface area contributed by atoms with Crippen molar-refractivity contribution in [2.24, 2.45) is 0 Å². The molecule has 0 aliphatic carbocycles. The van der Waals surface area contributed by atoms with Crippen LogP contribution in [-0.4, -0.2) is 41.6 Å². The van der Waals surface area contributed by atoms with Gasteiger partial charge in [-0.1, -0.05) is 42.5 Å².